The molecule has 3 heteroatoms. The molecule has 48 valence electrons. The Morgan fingerprint density at radius 2 is 2.56 bits per heavy atom. The number of rotatable bonds is 0. The van der Waals surface area contributed by atoms with Crippen LogP contribution in [0.5, 0.6) is 0 Å². The molecule has 1 saturated heterocycles. The lowest BCUT2D eigenvalue weighted by atomic mass is 10.1. The van der Waals surface area contributed by atoms with E-state index in [2.05, 4.69) is 22.0 Å². The maximum absolute atomic E-state index is 8.51. The van der Waals surface area contributed by atoms with Crippen molar-refractivity contribution in [1.29, 1.82) is 5.26 Å². The molecule has 1 fully saturated rings. The Balaban J connectivity index is 2.61. The van der Waals surface area contributed by atoms with E-state index in [9.17, 15) is 0 Å². The summed E-state index contributed by atoms with van der Waals surface area (Å²) in [6, 6.07) is 2.19. The third-order valence-electron chi connectivity index (χ3n) is 1.47. The summed E-state index contributed by atoms with van der Waals surface area (Å²) in [7, 11) is 2.57. The van der Waals surface area contributed by atoms with E-state index in [1.807, 2.05) is 4.67 Å². The smallest absolute Gasteiger partial charge is 0.0812 e. The van der Waals surface area contributed by atoms with Crippen LogP contribution in [0.1, 0.15) is 0 Å². The third-order valence-corrected chi connectivity index (χ3v) is 1.87. The molecule has 0 aromatic rings. The first-order chi connectivity index (χ1) is 4.24. The molecule has 0 aliphatic carbocycles. The Hall–Kier alpha value is -0.380. The van der Waals surface area contributed by atoms with Crippen molar-refractivity contribution in [2.45, 2.75) is 0 Å². The zero-order valence-corrected chi connectivity index (χ0v) is 6.33. The average molecular weight is 140 g/mol. The van der Waals surface area contributed by atoms with Gasteiger partial charge in [-0.2, -0.15) is 5.26 Å². The van der Waals surface area contributed by atoms with Crippen LogP contribution in [-0.4, -0.2) is 17.8 Å². The molecule has 0 radical (unpaired) electrons. The van der Waals surface area contributed by atoms with E-state index in [1.165, 1.54) is 0 Å². The van der Waals surface area contributed by atoms with Gasteiger partial charge in [0.15, 0.2) is 0 Å². The molecule has 1 heterocycles. The third kappa shape index (κ3) is 1.30. The van der Waals surface area contributed by atoms with Gasteiger partial charge in [0.05, 0.1) is 12.0 Å². The first-order valence-corrected chi connectivity index (χ1v) is 3.32. The summed E-state index contributed by atoms with van der Waals surface area (Å²) in [5, 5.41) is 8.51. The zero-order chi connectivity index (χ0) is 6.85. The Bertz CT molecular complexity index is 170. The lowest BCUT2D eigenvalue weighted by Crippen LogP contribution is -2.05. The highest BCUT2D eigenvalue weighted by Gasteiger charge is 2.22. The van der Waals surface area contributed by atoms with Gasteiger partial charge in [-0.1, -0.05) is 16.0 Å². The fourth-order valence-electron chi connectivity index (χ4n) is 0.931. The second-order valence-electron chi connectivity index (χ2n) is 2.27. The maximum atomic E-state index is 8.51. The van der Waals surface area contributed by atoms with Crippen molar-refractivity contribution in [3.63, 3.8) is 0 Å². The molecule has 0 saturated carbocycles. The van der Waals surface area contributed by atoms with E-state index in [-0.39, 0.29) is 5.92 Å². The van der Waals surface area contributed by atoms with Crippen molar-refractivity contribution in [2.24, 2.45) is 5.92 Å². The molecule has 9 heavy (non-hydrogen) atoms. The van der Waals surface area contributed by atoms with Gasteiger partial charge in [0, 0.05) is 13.1 Å². The number of nitriles is 1. The van der Waals surface area contributed by atoms with Crippen LogP contribution in [0.3, 0.4) is 0 Å². The molecule has 0 aromatic heterocycles. The van der Waals surface area contributed by atoms with Gasteiger partial charge in [0.1, 0.15) is 0 Å². The van der Waals surface area contributed by atoms with Gasteiger partial charge in [-0.05, 0) is 5.57 Å². The van der Waals surface area contributed by atoms with Gasteiger partial charge in [0.2, 0.25) is 0 Å². The van der Waals surface area contributed by atoms with E-state index in [0.29, 0.717) is 0 Å². The van der Waals surface area contributed by atoms with E-state index < -0.39 is 0 Å². The van der Waals surface area contributed by atoms with Gasteiger partial charge in [-0.3, -0.25) is 4.67 Å². The molecular formula is C6H9N2P. The molecule has 2 nitrogen and oxygen atoms in total. The van der Waals surface area contributed by atoms with E-state index >= 15 is 0 Å². The minimum atomic E-state index is 0.0579. The van der Waals surface area contributed by atoms with Crippen LogP contribution in [0.15, 0.2) is 12.2 Å². The highest BCUT2D eigenvalue weighted by Crippen LogP contribution is 2.22. The topological polar surface area (TPSA) is 27.0 Å². The molecule has 1 rings (SSSR count). The SMILES string of the molecule is C=C1CN(P)CC1C#N. The van der Waals surface area contributed by atoms with Gasteiger partial charge >= 0.3 is 0 Å². The number of hydrogen-bond donors (Lipinski definition) is 0. The molecule has 2 unspecified atom stereocenters. The molecule has 0 aromatic carbocycles. The van der Waals surface area contributed by atoms with Crippen LogP contribution in [0.2, 0.25) is 0 Å². The number of hydrogen-bond acceptors (Lipinski definition) is 2. The molecule has 0 bridgehead atoms. The van der Waals surface area contributed by atoms with E-state index in [4.69, 9.17) is 5.26 Å². The molecule has 2 atom stereocenters. The normalized spacial score (nSPS) is 28.4. The summed E-state index contributed by atoms with van der Waals surface area (Å²) in [6.07, 6.45) is 0. The summed E-state index contributed by atoms with van der Waals surface area (Å²) in [4.78, 5) is 0. The van der Waals surface area contributed by atoms with Crippen molar-refractivity contribution >= 4 is 9.39 Å². The van der Waals surface area contributed by atoms with Crippen molar-refractivity contribution in [3.05, 3.63) is 12.2 Å². The van der Waals surface area contributed by atoms with Crippen LogP contribution in [-0.2, 0) is 0 Å². The van der Waals surface area contributed by atoms with Crippen molar-refractivity contribution in [1.82, 2.24) is 4.67 Å². The fraction of sp³-hybridized carbons (Fsp3) is 0.500. The van der Waals surface area contributed by atoms with E-state index in [0.717, 1.165) is 18.7 Å². The molecule has 1 aliphatic rings. The minimum Gasteiger partial charge on any atom is -0.282 e. The second kappa shape index (κ2) is 2.47. The summed E-state index contributed by atoms with van der Waals surface area (Å²) in [6.45, 7) is 5.45. The van der Waals surface area contributed by atoms with Gasteiger partial charge < -0.3 is 0 Å². The minimum absolute atomic E-state index is 0.0579. The maximum Gasteiger partial charge on any atom is 0.0812 e. The summed E-state index contributed by atoms with van der Waals surface area (Å²) in [5.41, 5.74) is 1.03. The van der Waals surface area contributed by atoms with Crippen LogP contribution < -0.4 is 0 Å². The zero-order valence-electron chi connectivity index (χ0n) is 5.17. The van der Waals surface area contributed by atoms with Crippen molar-refractivity contribution in [3.8, 4) is 6.07 Å². The molecule has 0 spiro atoms. The average Bonchev–Trinajstić information content (AvgIpc) is 2.10. The summed E-state index contributed by atoms with van der Waals surface area (Å²) in [5.74, 6) is 0.0579. The van der Waals surface area contributed by atoms with Crippen LogP contribution in [0, 0.1) is 17.2 Å². The molecule has 1 aliphatic heterocycles. The van der Waals surface area contributed by atoms with Crippen LogP contribution in [0.25, 0.3) is 0 Å². The Kier molecular flexibility index (Phi) is 1.85. The molecular weight excluding hydrogens is 131 g/mol. The largest absolute Gasteiger partial charge is 0.282 e. The summed E-state index contributed by atoms with van der Waals surface area (Å²) < 4.78 is 2.02. The quantitative estimate of drug-likeness (QED) is 0.367. The second-order valence-corrected chi connectivity index (χ2v) is 3.00. The predicted octanol–water partition coefficient (Wildman–Crippen LogP) is 0.788. The lowest BCUT2D eigenvalue weighted by Gasteiger charge is -2.01. The molecule has 0 N–H and O–H groups in total. The van der Waals surface area contributed by atoms with Gasteiger partial charge in [-0.25, -0.2) is 0 Å². The van der Waals surface area contributed by atoms with Crippen LogP contribution >= 0.6 is 9.39 Å². The Morgan fingerprint density at radius 1 is 1.89 bits per heavy atom. The first kappa shape index (κ1) is 6.74. The van der Waals surface area contributed by atoms with Gasteiger partial charge in [0.25, 0.3) is 0 Å². The fourth-order valence-corrected chi connectivity index (χ4v) is 1.38. The highest BCUT2D eigenvalue weighted by atomic mass is 31.0. The van der Waals surface area contributed by atoms with E-state index in [1.54, 1.807) is 0 Å². The van der Waals surface area contributed by atoms with Crippen molar-refractivity contribution in [2.75, 3.05) is 13.1 Å². The lowest BCUT2D eigenvalue weighted by molar-refractivity contribution is 0.570. The number of nitrogens with zero attached hydrogens (tertiary/aromatic N) is 2. The van der Waals surface area contributed by atoms with Gasteiger partial charge in [-0.15, -0.1) is 0 Å². The summed E-state index contributed by atoms with van der Waals surface area (Å²) >= 11 is 0. The van der Waals surface area contributed by atoms with Crippen molar-refractivity contribution < 1.29 is 0 Å². The first-order valence-electron chi connectivity index (χ1n) is 2.81. The standard InChI is InChI=1S/C6H9N2P/c1-5-3-8(9)4-6(5)2-7/h6H,1,3-4,9H2. The highest BCUT2D eigenvalue weighted by molar-refractivity contribution is 7.13. The Labute approximate surface area is 57.4 Å². The Morgan fingerprint density at radius 3 is 2.78 bits per heavy atom. The monoisotopic (exact) mass is 140 g/mol. The molecule has 0 amide bonds. The predicted molar refractivity (Wildman–Crippen MR) is 39.5 cm³/mol. The van der Waals surface area contributed by atoms with Crippen LogP contribution in [0.4, 0.5) is 0 Å².